The molecule has 0 spiro atoms. The van der Waals surface area contributed by atoms with Crippen LogP contribution in [-0.4, -0.2) is 13.2 Å². The Balaban J connectivity index is 3.43. The molecule has 0 aromatic rings. The van der Waals surface area contributed by atoms with Crippen molar-refractivity contribution in [1.29, 1.82) is 0 Å². The summed E-state index contributed by atoms with van der Waals surface area (Å²) in [4.78, 5) is 0. The lowest BCUT2D eigenvalue weighted by Gasteiger charge is -2.16. The minimum absolute atomic E-state index is 0.683. The number of thiol groups is 1. The van der Waals surface area contributed by atoms with Crippen LogP contribution in [0.15, 0.2) is 0 Å². The van der Waals surface area contributed by atoms with E-state index in [1.807, 2.05) is 0 Å². The summed E-state index contributed by atoms with van der Waals surface area (Å²) in [7, 11) is 0. The van der Waals surface area contributed by atoms with Crippen LogP contribution in [0.2, 0.25) is 0 Å². The van der Waals surface area contributed by atoms with Gasteiger partial charge in [-0.15, -0.1) is 0 Å². The molecule has 0 saturated heterocycles. The first-order valence-electron chi connectivity index (χ1n) is 7.10. The van der Waals surface area contributed by atoms with Crippen molar-refractivity contribution >= 4 is 29.7 Å². The molecule has 0 bridgehead atoms. The van der Waals surface area contributed by atoms with Gasteiger partial charge in [0.25, 0.3) is 0 Å². The second-order valence-electron chi connectivity index (χ2n) is 5.09. The van der Waals surface area contributed by atoms with Crippen molar-refractivity contribution in [3.8, 4) is 0 Å². The molecule has 0 rings (SSSR count). The standard InChI is InChI=1S/C13H29O2PS2/c1-4-5-8-11-14-16(17,18)15-12-9-6-7-10-13(2)3/h13H,4-12H2,1-3H3,(H,17,18). The van der Waals surface area contributed by atoms with Gasteiger partial charge in [0.1, 0.15) is 0 Å². The van der Waals surface area contributed by atoms with Crippen LogP contribution in [0.4, 0.5) is 0 Å². The van der Waals surface area contributed by atoms with E-state index in [0.29, 0.717) is 13.2 Å². The summed E-state index contributed by atoms with van der Waals surface area (Å²) in [5.41, 5.74) is -2.27. The minimum atomic E-state index is -2.27. The van der Waals surface area contributed by atoms with Crippen LogP contribution in [0.3, 0.4) is 0 Å². The first kappa shape index (κ1) is 18.9. The van der Waals surface area contributed by atoms with Crippen molar-refractivity contribution in [2.45, 2.75) is 65.7 Å². The summed E-state index contributed by atoms with van der Waals surface area (Å²) in [5.74, 6) is 0.795. The van der Waals surface area contributed by atoms with Gasteiger partial charge in [0.2, 0.25) is 5.69 Å². The van der Waals surface area contributed by atoms with E-state index in [2.05, 4.69) is 33.0 Å². The molecule has 0 aliphatic heterocycles. The van der Waals surface area contributed by atoms with Crippen LogP contribution in [0.25, 0.3) is 0 Å². The van der Waals surface area contributed by atoms with Gasteiger partial charge in [-0.05, 0) is 30.6 Å². The highest BCUT2D eigenvalue weighted by molar-refractivity contribution is 8.60. The quantitative estimate of drug-likeness (QED) is 0.288. The van der Waals surface area contributed by atoms with Gasteiger partial charge >= 0.3 is 0 Å². The predicted octanol–water partition coefficient (Wildman–Crippen LogP) is 5.58. The highest BCUT2D eigenvalue weighted by Gasteiger charge is 2.12. The Bertz CT molecular complexity index is 235. The molecule has 1 atom stereocenters. The Kier molecular flexibility index (Phi) is 12.3. The van der Waals surface area contributed by atoms with Gasteiger partial charge in [-0.2, -0.15) is 0 Å². The average Bonchev–Trinajstić information content (AvgIpc) is 2.29. The molecule has 0 radical (unpaired) electrons. The molecular formula is C13H29O2PS2. The summed E-state index contributed by atoms with van der Waals surface area (Å²) in [6, 6.07) is 0. The molecule has 5 heteroatoms. The molecule has 0 fully saturated rings. The Morgan fingerprint density at radius 2 is 1.56 bits per heavy atom. The number of unbranched alkanes of at least 4 members (excludes halogenated alkanes) is 4. The predicted molar refractivity (Wildman–Crippen MR) is 88.0 cm³/mol. The van der Waals surface area contributed by atoms with Gasteiger partial charge in [0.05, 0.1) is 13.2 Å². The first-order valence-corrected chi connectivity index (χ1v) is 10.9. The minimum Gasteiger partial charge on any atom is -0.322 e. The number of hydrogen-bond donors (Lipinski definition) is 1. The highest BCUT2D eigenvalue weighted by Crippen LogP contribution is 2.53. The van der Waals surface area contributed by atoms with Crippen LogP contribution in [0, 0.1) is 5.92 Å². The summed E-state index contributed by atoms with van der Waals surface area (Å²) in [6.45, 7) is 8.06. The summed E-state index contributed by atoms with van der Waals surface area (Å²) >= 11 is 9.57. The lowest BCUT2D eigenvalue weighted by atomic mass is 10.1. The molecule has 1 unspecified atom stereocenters. The van der Waals surface area contributed by atoms with E-state index in [9.17, 15) is 0 Å². The third-order valence-electron chi connectivity index (χ3n) is 2.68. The molecule has 0 heterocycles. The zero-order valence-electron chi connectivity index (χ0n) is 12.1. The van der Waals surface area contributed by atoms with Crippen LogP contribution < -0.4 is 0 Å². The third-order valence-corrected chi connectivity index (χ3v) is 5.03. The smallest absolute Gasteiger partial charge is 0.244 e. The molecule has 0 aromatic heterocycles. The summed E-state index contributed by atoms with van der Waals surface area (Å²) < 4.78 is 11.1. The fraction of sp³-hybridized carbons (Fsp3) is 1.00. The maximum Gasteiger partial charge on any atom is 0.244 e. The van der Waals surface area contributed by atoms with Crippen molar-refractivity contribution in [3.05, 3.63) is 0 Å². The Morgan fingerprint density at radius 3 is 2.06 bits per heavy atom. The Hall–Kier alpha value is 0.920. The third kappa shape index (κ3) is 13.4. The fourth-order valence-electron chi connectivity index (χ4n) is 1.58. The SMILES string of the molecule is CCCCCOP(=S)(S)OCCCCCC(C)C. The van der Waals surface area contributed by atoms with E-state index < -0.39 is 5.69 Å². The Labute approximate surface area is 124 Å². The number of rotatable bonds is 12. The number of hydrogen-bond acceptors (Lipinski definition) is 3. The molecule has 0 aliphatic rings. The molecule has 18 heavy (non-hydrogen) atoms. The molecule has 0 N–H and O–H groups in total. The molecule has 0 aromatic carbocycles. The summed E-state index contributed by atoms with van der Waals surface area (Å²) in [6.07, 6.45) is 8.25. The van der Waals surface area contributed by atoms with Crippen molar-refractivity contribution in [3.63, 3.8) is 0 Å². The van der Waals surface area contributed by atoms with Crippen LogP contribution in [-0.2, 0) is 20.9 Å². The van der Waals surface area contributed by atoms with Gasteiger partial charge < -0.3 is 9.05 Å². The molecule has 2 nitrogen and oxygen atoms in total. The second kappa shape index (κ2) is 11.7. The van der Waals surface area contributed by atoms with Gasteiger partial charge in [0.15, 0.2) is 0 Å². The summed E-state index contributed by atoms with van der Waals surface area (Å²) in [5, 5.41) is 0. The topological polar surface area (TPSA) is 18.5 Å². The van der Waals surface area contributed by atoms with Crippen LogP contribution >= 0.6 is 17.9 Å². The zero-order valence-corrected chi connectivity index (χ0v) is 14.7. The largest absolute Gasteiger partial charge is 0.322 e. The van der Waals surface area contributed by atoms with Gasteiger partial charge in [0, 0.05) is 0 Å². The lowest BCUT2D eigenvalue weighted by molar-refractivity contribution is 0.250. The van der Waals surface area contributed by atoms with Crippen molar-refractivity contribution in [2.75, 3.05) is 13.2 Å². The van der Waals surface area contributed by atoms with Crippen molar-refractivity contribution in [2.24, 2.45) is 5.92 Å². The zero-order chi connectivity index (χ0) is 13.9. The van der Waals surface area contributed by atoms with E-state index in [1.165, 1.54) is 32.1 Å². The van der Waals surface area contributed by atoms with E-state index >= 15 is 0 Å². The molecule has 110 valence electrons. The van der Waals surface area contributed by atoms with Gasteiger partial charge in [-0.3, -0.25) is 0 Å². The van der Waals surface area contributed by atoms with E-state index in [-0.39, 0.29) is 0 Å². The molecular weight excluding hydrogens is 283 g/mol. The van der Waals surface area contributed by atoms with Gasteiger partial charge in [-0.1, -0.05) is 65.1 Å². The van der Waals surface area contributed by atoms with Crippen molar-refractivity contribution in [1.82, 2.24) is 0 Å². The maximum atomic E-state index is 5.58. The van der Waals surface area contributed by atoms with Crippen LogP contribution in [0.5, 0.6) is 0 Å². The monoisotopic (exact) mass is 312 g/mol. The average molecular weight is 312 g/mol. The first-order chi connectivity index (χ1) is 8.48. The fourth-order valence-corrected chi connectivity index (χ4v) is 3.31. The Morgan fingerprint density at radius 1 is 1.00 bits per heavy atom. The normalized spacial score (nSPS) is 14.9. The maximum absolute atomic E-state index is 5.58. The van der Waals surface area contributed by atoms with Crippen LogP contribution in [0.1, 0.15) is 65.7 Å². The van der Waals surface area contributed by atoms with Crippen molar-refractivity contribution < 1.29 is 9.05 Å². The lowest BCUT2D eigenvalue weighted by Crippen LogP contribution is -1.96. The van der Waals surface area contributed by atoms with E-state index in [0.717, 1.165) is 18.8 Å². The molecule has 0 aliphatic carbocycles. The second-order valence-corrected chi connectivity index (χ2v) is 10.4. The van der Waals surface area contributed by atoms with E-state index in [4.69, 9.17) is 20.9 Å². The highest BCUT2D eigenvalue weighted by atomic mass is 32.9. The van der Waals surface area contributed by atoms with E-state index in [1.54, 1.807) is 0 Å². The molecule has 0 amide bonds. The van der Waals surface area contributed by atoms with Gasteiger partial charge in [-0.25, -0.2) is 0 Å². The molecule has 0 saturated carbocycles.